The number of anilines is 1. The summed E-state index contributed by atoms with van der Waals surface area (Å²) in [7, 11) is 0. The Morgan fingerprint density at radius 2 is 1.85 bits per heavy atom. The zero-order valence-corrected chi connectivity index (χ0v) is 15.1. The molecule has 1 heterocycles. The van der Waals surface area contributed by atoms with Crippen molar-refractivity contribution in [1.29, 1.82) is 0 Å². The number of nitro groups is 1. The molecular weight excluding hydrogens is 346 g/mol. The van der Waals surface area contributed by atoms with E-state index < -0.39 is 4.92 Å². The zero-order valence-electron chi connectivity index (χ0n) is 15.1. The highest BCUT2D eigenvalue weighted by Gasteiger charge is 2.19. The van der Waals surface area contributed by atoms with E-state index in [9.17, 15) is 14.9 Å². The Kier molecular flexibility index (Phi) is 6.51. The summed E-state index contributed by atoms with van der Waals surface area (Å²) in [5.74, 6) is -0.221. The molecule has 0 amide bonds. The van der Waals surface area contributed by atoms with Gasteiger partial charge in [0.15, 0.2) is 5.78 Å². The fourth-order valence-corrected chi connectivity index (χ4v) is 3.20. The van der Waals surface area contributed by atoms with Gasteiger partial charge >= 0.3 is 0 Å². The second-order valence-corrected chi connectivity index (χ2v) is 6.58. The number of carbonyl (C=O) groups is 1. The van der Waals surface area contributed by atoms with E-state index in [0.717, 1.165) is 39.3 Å². The van der Waals surface area contributed by atoms with Crippen LogP contribution < -0.4 is 10.2 Å². The summed E-state index contributed by atoms with van der Waals surface area (Å²) in [6.45, 7) is 5.27. The maximum absolute atomic E-state index is 12.5. The highest BCUT2D eigenvalue weighted by molar-refractivity contribution is 6.09. The van der Waals surface area contributed by atoms with Gasteiger partial charge in [-0.2, -0.15) is 0 Å². The molecule has 142 valence electrons. The van der Waals surface area contributed by atoms with Crippen LogP contribution in [-0.2, 0) is 4.74 Å². The van der Waals surface area contributed by atoms with Gasteiger partial charge in [-0.15, -0.1) is 0 Å². The predicted molar refractivity (Wildman–Crippen MR) is 102 cm³/mol. The van der Waals surface area contributed by atoms with E-state index in [2.05, 4.69) is 5.32 Å². The SMILES string of the molecule is O=C(c1ccccc1)c1ccc(NCCC[NH+]2CCOCC2)c([N+](=O)[O-])c1. The molecule has 27 heavy (non-hydrogen) atoms. The van der Waals surface area contributed by atoms with Crippen molar-refractivity contribution < 1.29 is 19.4 Å². The van der Waals surface area contributed by atoms with Gasteiger partial charge in [0.25, 0.3) is 5.69 Å². The second-order valence-electron chi connectivity index (χ2n) is 6.58. The molecule has 7 nitrogen and oxygen atoms in total. The normalized spacial score (nSPS) is 14.7. The summed E-state index contributed by atoms with van der Waals surface area (Å²) in [5.41, 5.74) is 1.20. The molecule has 2 aromatic carbocycles. The molecule has 2 N–H and O–H groups in total. The smallest absolute Gasteiger partial charge is 0.293 e. The van der Waals surface area contributed by atoms with Crippen LogP contribution in [0.15, 0.2) is 48.5 Å². The second kappa shape index (κ2) is 9.25. The van der Waals surface area contributed by atoms with E-state index in [1.807, 2.05) is 6.07 Å². The van der Waals surface area contributed by atoms with E-state index >= 15 is 0 Å². The number of rotatable bonds is 8. The fourth-order valence-electron chi connectivity index (χ4n) is 3.20. The predicted octanol–water partition coefficient (Wildman–Crippen LogP) is 1.54. The number of carbonyl (C=O) groups excluding carboxylic acids is 1. The lowest BCUT2D eigenvalue weighted by Crippen LogP contribution is -3.14. The van der Waals surface area contributed by atoms with Crippen LogP contribution >= 0.6 is 0 Å². The third-order valence-corrected chi connectivity index (χ3v) is 4.72. The largest absolute Gasteiger partial charge is 0.379 e. The van der Waals surface area contributed by atoms with Crippen LogP contribution in [-0.4, -0.2) is 50.1 Å². The molecule has 0 aliphatic carbocycles. The van der Waals surface area contributed by atoms with Crippen molar-refractivity contribution in [2.75, 3.05) is 44.7 Å². The Labute approximate surface area is 158 Å². The first-order valence-electron chi connectivity index (χ1n) is 9.18. The zero-order chi connectivity index (χ0) is 19.1. The van der Waals surface area contributed by atoms with Gasteiger partial charge in [0.05, 0.1) is 24.7 Å². The number of nitrogens with one attached hydrogen (secondary N) is 2. The number of morpholine rings is 1. The Balaban J connectivity index is 1.63. The monoisotopic (exact) mass is 370 g/mol. The molecule has 7 heteroatoms. The van der Waals surface area contributed by atoms with Crippen LogP contribution in [0.25, 0.3) is 0 Å². The minimum atomic E-state index is -0.447. The molecule has 0 spiro atoms. The Morgan fingerprint density at radius 1 is 1.11 bits per heavy atom. The van der Waals surface area contributed by atoms with Crippen molar-refractivity contribution in [3.05, 3.63) is 69.8 Å². The maximum atomic E-state index is 12.5. The first kappa shape index (κ1) is 19.0. The van der Waals surface area contributed by atoms with Gasteiger partial charge in [-0.05, 0) is 12.1 Å². The number of hydrogen-bond acceptors (Lipinski definition) is 5. The molecule has 1 fully saturated rings. The van der Waals surface area contributed by atoms with Crippen LogP contribution in [0, 0.1) is 10.1 Å². The Bertz CT molecular complexity index is 789. The average molecular weight is 370 g/mol. The quantitative estimate of drug-likeness (QED) is 0.319. The molecule has 0 unspecified atom stereocenters. The molecule has 0 radical (unpaired) electrons. The molecule has 3 rings (SSSR count). The van der Waals surface area contributed by atoms with Crippen molar-refractivity contribution in [2.24, 2.45) is 0 Å². The third-order valence-electron chi connectivity index (χ3n) is 4.72. The number of ketones is 1. The van der Waals surface area contributed by atoms with Gasteiger partial charge in [-0.3, -0.25) is 14.9 Å². The van der Waals surface area contributed by atoms with Gasteiger partial charge < -0.3 is 15.0 Å². The summed E-state index contributed by atoms with van der Waals surface area (Å²) < 4.78 is 5.34. The average Bonchev–Trinajstić information content (AvgIpc) is 2.72. The van der Waals surface area contributed by atoms with Crippen molar-refractivity contribution in [3.63, 3.8) is 0 Å². The summed E-state index contributed by atoms with van der Waals surface area (Å²) >= 11 is 0. The van der Waals surface area contributed by atoms with Crippen LogP contribution in [0.1, 0.15) is 22.3 Å². The van der Waals surface area contributed by atoms with Gasteiger partial charge in [-0.1, -0.05) is 30.3 Å². The number of hydrogen-bond donors (Lipinski definition) is 2. The molecule has 1 aliphatic rings. The number of benzene rings is 2. The molecule has 0 saturated carbocycles. The van der Waals surface area contributed by atoms with Crippen molar-refractivity contribution >= 4 is 17.2 Å². The van der Waals surface area contributed by atoms with Crippen LogP contribution in [0.3, 0.4) is 0 Å². The summed E-state index contributed by atoms with van der Waals surface area (Å²) in [4.78, 5) is 25.0. The third kappa shape index (κ3) is 5.12. The van der Waals surface area contributed by atoms with Crippen molar-refractivity contribution in [1.82, 2.24) is 0 Å². The standard InChI is InChI=1S/C20H23N3O4/c24-20(16-5-2-1-3-6-16)17-7-8-18(19(15-17)23(25)26)21-9-4-10-22-11-13-27-14-12-22/h1-3,5-8,15,21H,4,9-14H2/p+1. The summed E-state index contributed by atoms with van der Waals surface area (Å²) in [6, 6.07) is 13.4. The Hall–Kier alpha value is -2.77. The van der Waals surface area contributed by atoms with Gasteiger partial charge in [-0.25, -0.2) is 0 Å². The number of nitrogens with zero attached hydrogens (tertiary/aromatic N) is 1. The minimum Gasteiger partial charge on any atom is -0.379 e. The first-order valence-corrected chi connectivity index (χ1v) is 9.18. The topological polar surface area (TPSA) is 85.9 Å². The van der Waals surface area contributed by atoms with Gasteiger partial charge in [0.1, 0.15) is 18.8 Å². The molecule has 0 atom stereocenters. The van der Waals surface area contributed by atoms with Gasteiger partial charge in [0, 0.05) is 30.2 Å². The molecule has 1 saturated heterocycles. The molecule has 1 aliphatic heterocycles. The molecule has 0 aromatic heterocycles. The summed E-state index contributed by atoms with van der Waals surface area (Å²) in [5, 5.41) is 14.6. The van der Waals surface area contributed by atoms with E-state index in [4.69, 9.17) is 4.74 Å². The van der Waals surface area contributed by atoms with Crippen LogP contribution in [0.2, 0.25) is 0 Å². The van der Waals surface area contributed by atoms with E-state index in [1.54, 1.807) is 36.4 Å². The van der Waals surface area contributed by atoms with E-state index in [0.29, 0.717) is 23.4 Å². The lowest BCUT2D eigenvalue weighted by atomic mass is 10.0. The molecule has 0 bridgehead atoms. The molecular formula is C20H24N3O4+. The lowest BCUT2D eigenvalue weighted by molar-refractivity contribution is -0.908. The van der Waals surface area contributed by atoms with E-state index in [-0.39, 0.29) is 11.5 Å². The highest BCUT2D eigenvalue weighted by Crippen LogP contribution is 2.26. The van der Waals surface area contributed by atoms with Crippen molar-refractivity contribution in [3.8, 4) is 0 Å². The number of nitro benzene ring substituents is 1. The van der Waals surface area contributed by atoms with Crippen LogP contribution in [0.4, 0.5) is 11.4 Å². The Morgan fingerprint density at radius 3 is 2.56 bits per heavy atom. The number of ether oxygens (including phenoxy) is 1. The lowest BCUT2D eigenvalue weighted by Gasteiger charge is -2.23. The summed E-state index contributed by atoms with van der Waals surface area (Å²) in [6.07, 6.45) is 0.914. The van der Waals surface area contributed by atoms with Crippen molar-refractivity contribution in [2.45, 2.75) is 6.42 Å². The van der Waals surface area contributed by atoms with Crippen LogP contribution in [0.5, 0.6) is 0 Å². The fraction of sp³-hybridized carbons (Fsp3) is 0.350. The highest BCUT2D eigenvalue weighted by atomic mass is 16.6. The van der Waals surface area contributed by atoms with E-state index in [1.165, 1.54) is 11.0 Å². The maximum Gasteiger partial charge on any atom is 0.293 e. The first-order chi connectivity index (χ1) is 13.1. The minimum absolute atomic E-state index is 0.0736. The molecule has 2 aromatic rings. The number of quaternary nitrogens is 1. The van der Waals surface area contributed by atoms with Gasteiger partial charge in [0.2, 0.25) is 0 Å².